The number of hydrogen-bond donors (Lipinski definition) is 1. The molecule has 2 unspecified atom stereocenters. The molecular formula is C10H12ClNO4. The second-order valence-electron chi connectivity index (χ2n) is 3.43. The first-order valence-corrected chi connectivity index (χ1v) is 5.08. The van der Waals surface area contributed by atoms with Gasteiger partial charge in [-0.3, -0.25) is 10.1 Å². The van der Waals surface area contributed by atoms with Crippen molar-refractivity contribution in [1.29, 1.82) is 0 Å². The molecular weight excluding hydrogens is 234 g/mol. The highest BCUT2D eigenvalue weighted by molar-refractivity contribution is 6.32. The molecule has 6 heteroatoms. The Hall–Kier alpha value is -1.33. The zero-order valence-corrected chi connectivity index (χ0v) is 9.64. The summed E-state index contributed by atoms with van der Waals surface area (Å²) in [5.74, 6) is 0.393. The lowest BCUT2D eigenvalue weighted by molar-refractivity contribution is -0.384. The Kier molecular flexibility index (Phi) is 4.09. The smallest absolute Gasteiger partial charge is 0.288 e. The largest absolute Gasteiger partial charge is 0.488 e. The highest BCUT2D eigenvalue weighted by Gasteiger charge is 2.15. The monoisotopic (exact) mass is 245 g/mol. The van der Waals surface area contributed by atoms with Crippen molar-refractivity contribution in [1.82, 2.24) is 0 Å². The SMILES string of the molecule is CC(O)C(C)Oc1ccc([N+](=O)[O-])c(Cl)c1. The van der Waals surface area contributed by atoms with Crippen molar-refractivity contribution in [2.24, 2.45) is 0 Å². The number of aliphatic hydroxyl groups excluding tert-OH is 1. The van der Waals surface area contributed by atoms with E-state index in [-0.39, 0.29) is 10.7 Å². The first kappa shape index (κ1) is 12.7. The van der Waals surface area contributed by atoms with Crippen LogP contribution in [0.3, 0.4) is 0 Å². The summed E-state index contributed by atoms with van der Waals surface area (Å²) in [6.45, 7) is 3.29. The van der Waals surface area contributed by atoms with Crippen molar-refractivity contribution >= 4 is 17.3 Å². The van der Waals surface area contributed by atoms with E-state index in [0.717, 1.165) is 0 Å². The molecule has 0 amide bonds. The highest BCUT2D eigenvalue weighted by Crippen LogP contribution is 2.28. The number of aliphatic hydroxyl groups is 1. The third kappa shape index (κ3) is 3.08. The zero-order valence-electron chi connectivity index (χ0n) is 8.88. The van der Waals surface area contributed by atoms with Gasteiger partial charge in [0.2, 0.25) is 0 Å². The van der Waals surface area contributed by atoms with Gasteiger partial charge in [-0.2, -0.15) is 0 Å². The molecule has 0 spiro atoms. The zero-order chi connectivity index (χ0) is 12.3. The van der Waals surface area contributed by atoms with E-state index in [9.17, 15) is 15.2 Å². The summed E-state index contributed by atoms with van der Waals surface area (Å²) in [5, 5.41) is 19.7. The molecule has 0 aromatic heterocycles. The van der Waals surface area contributed by atoms with Gasteiger partial charge in [-0.25, -0.2) is 0 Å². The van der Waals surface area contributed by atoms with E-state index in [1.165, 1.54) is 18.2 Å². The van der Waals surface area contributed by atoms with Crippen LogP contribution in [0.1, 0.15) is 13.8 Å². The predicted octanol–water partition coefficient (Wildman–Crippen LogP) is 2.40. The fraction of sp³-hybridized carbons (Fsp3) is 0.400. The van der Waals surface area contributed by atoms with Gasteiger partial charge >= 0.3 is 0 Å². The van der Waals surface area contributed by atoms with Crippen molar-refractivity contribution in [3.05, 3.63) is 33.3 Å². The number of nitrogens with zero attached hydrogens (tertiary/aromatic N) is 1. The number of ether oxygens (including phenoxy) is 1. The second kappa shape index (κ2) is 5.14. The van der Waals surface area contributed by atoms with Gasteiger partial charge in [-0.15, -0.1) is 0 Å². The van der Waals surface area contributed by atoms with Crippen LogP contribution < -0.4 is 4.74 Å². The molecule has 1 N–H and O–H groups in total. The maximum atomic E-state index is 10.5. The molecule has 0 fully saturated rings. The summed E-state index contributed by atoms with van der Waals surface area (Å²) in [6, 6.07) is 4.08. The van der Waals surface area contributed by atoms with E-state index in [1.807, 2.05) is 0 Å². The van der Waals surface area contributed by atoms with Crippen LogP contribution in [0.25, 0.3) is 0 Å². The molecule has 0 radical (unpaired) electrons. The Bertz CT molecular complexity index is 394. The van der Waals surface area contributed by atoms with Crippen molar-refractivity contribution in [2.75, 3.05) is 0 Å². The lowest BCUT2D eigenvalue weighted by Gasteiger charge is -2.17. The molecule has 1 aromatic carbocycles. The third-order valence-electron chi connectivity index (χ3n) is 2.12. The Labute approximate surface area is 97.8 Å². The average molecular weight is 246 g/mol. The number of nitro benzene ring substituents is 1. The summed E-state index contributed by atoms with van der Waals surface area (Å²) >= 11 is 5.70. The maximum absolute atomic E-state index is 10.5. The molecule has 0 bridgehead atoms. The van der Waals surface area contributed by atoms with Gasteiger partial charge in [0.05, 0.1) is 11.0 Å². The highest BCUT2D eigenvalue weighted by atomic mass is 35.5. The minimum absolute atomic E-state index is 0.0142. The predicted molar refractivity (Wildman–Crippen MR) is 59.9 cm³/mol. The second-order valence-corrected chi connectivity index (χ2v) is 3.84. The fourth-order valence-electron chi connectivity index (χ4n) is 1.02. The van der Waals surface area contributed by atoms with E-state index < -0.39 is 17.1 Å². The normalized spacial score (nSPS) is 14.2. The molecule has 0 aliphatic heterocycles. The summed E-state index contributed by atoms with van der Waals surface area (Å²) in [6.07, 6.45) is -1.04. The van der Waals surface area contributed by atoms with Crippen LogP contribution in [0.2, 0.25) is 5.02 Å². The van der Waals surface area contributed by atoms with Crippen LogP contribution in [0.15, 0.2) is 18.2 Å². The first-order chi connectivity index (χ1) is 7.41. The van der Waals surface area contributed by atoms with Gasteiger partial charge in [0.25, 0.3) is 5.69 Å². The lowest BCUT2D eigenvalue weighted by atomic mass is 10.2. The van der Waals surface area contributed by atoms with Crippen LogP contribution in [0.5, 0.6) is 5.75 Å². The molecule has 2 atom stereocenters. The van der Waals surface area contributed by atoms with Crippen molar-refractivity contribution < 1.29 is 14.8 Å². The molecule has 0 saturated carbocycles. The molecule has 0 heterocycles. The number of benzene rings is 1. The van der Waals surface area contributed by atoms with Crippen LogP contribution in [0, 0.1) is 10.1 Å². The van der Waals surface area contributed by atoms with Gasteiger partial charge < -0.3 is 9.84 Å². The minimum Gasteiger partial charge on any atom is -0.488 e. The van der Waals surface area contributed by atoms with Gasteiger partial charge in [-0.05, 0) is 19.9 Å². The van der Waals surface area contributed by atoms with E-state index in [1.54, 1.807) is 13.8 Å². The molecule has 0 aliphatic carbocycles. The Morgan fingerprint density at radius 2 is 2.12 bits per heavy atom. The van der Waals surface area contributed by atoms with Crippen LogP contribution in [-0.2, 0) is 0 Å². The van der Waals surface area contributed by atoms with E-state index in [2.05, 4.69) is 0 Å². The lowest BCUT2D eigenvalue weighted by Crippen LogP contribution is -2.25. The number of nitro groups is 1. The van der Waals surface area contributed by atoms with Crippen molar-refractivity contribution in [3.63, 3.8) is 0 Å². The maximum Gasteiger partial charge on any atom is 0.288 e. The van der Waals surface area contributed by atoms with E-state index in [4.69, 9.17) is 16.3 Å². The quantitative estimate of drug-likeness (QED) is 0.653. The van der Waals surface area contributed by atoms with Crippen LogP contribution in [0.4, 0.5) is 5.69 Å². The van der Waals surface area contributed by atoms with Crippen molar-refractivity contribution in [3.8, 4) is 5.75 Å². The number of halogens is 1. The van der Waals surface area contributed by atoms with Gasteiger partial charge in [0.15, 0.2) is 0 Å². The summed E-state index contributed by atoms with van der Waals surface area (Å²) < 4.78 is 5.33. The molecule has 0 saturated heterocycles. The Morgan fingerprint density at radius 3 is 2.56 bits per heavy atom. The summed E-state index contributed by atoms with van der Waals surface area (Å²) in [5.41, 5.74) is -0.168. The summed E-state index contributed by atoms with van der Waals surface area (Å²) in [7, 11) is 0. The molecule has 1 aromatic rings. The first-order valence-electron chi connectivity index (χ1n) is 4.70. The van der Waals surface area contributed by atoms with Crippen LogP contribution in [-0.4, -0.2) is 22.2 Å². The van der Waals surface area contributed by atoms with Crippen molar-refractivity contribution in [2.45, 2.75) is 26.1 Å². The third-order valence-corrected chi connectivity index (χ3v) is 2.42. The van der Waals surface area contributed by atoms with E-state index in [0.29, 0.717) is 5.75 Å². The Balaban J connectivity index is 2.85. The molecule has 0 aliphatic rings. The fourth-order valence-corrected chi connectivity index (χ4v) is 1.26. The van der Waals surface area contributed by atoms with E-state index >= 15 is 0 Å². The van der Waals surface area contributed by atoms with Gasteiger partial charge in [0.1, 0.15) is 16.9 Å². The topological polar surface area (TPSA) is 72.6 Å². The minimum atomic E-state index is -0.631. The molecule has 16 heavy (non-hydrogen) atoms. The molecule has 1 rings (SSSR count). The Morgan fingerprint density at radius 1 is 1.50 bits per heavy atom. The number of rotatable bonds is 4. The molecule has 88 valence electrons. The molecule has 5 nitrogen and oxygen atoms in total. The van der Waals surface area contributed by atoms with Gasteiger partial charge in [0, 0.05) is 12.1 Å². The average Bonchev–Trinajstić information content (AvgIpc) is 2.16. The van der Waals surface area contributed by atoms with Crippen LogP contribution >= 0.6 is 11.6 Å². The standard InChI is InChI=1S/C10H12ClNO4/c1-6(13)7(2)16-8-3-4-10(12(14)15)9(11)5-8/h3-7,13H,1-2H3. The number of hydrogen-bond acceptors (Lipinski definition) is 4. The summed E-state index contributed by atoms with van der Waals surface area (Å²) in [4.78, 5) is 9.94. The van der Waals surface area contributed by atoms with Gasteiger partial charge in [-0.1, -0.05) is 11.6 Å².